The highest BCUT2D eigenvalue weighted by Gasteiger charge is 2.28. The van der Waals surface area contributed by atoms with Crippen molar-refractivity contribution in [2.24, 2.45) is 0 Å². The molecule has 1 fully saturated rings. The number of amides is 1. The van der Waals surface area contributed by atoms with E-state index in [-0.39, 0.29) is 42.8 Å². The van der Waals surface area contributed by atoms with Gasteiger partial charge in [0.1, 0.15) is 11.3 Å². The smallest absolute Gasteiger partial charge is 0.277 e. The van der Waals surface area contributed by atoms with Crippen LogP contribution in [0, 0.1) is 5.82 Å². The van der Waals surface area contributed by atoms with Crippen LogP contribution in [0.2, 0.25) is 5.02 Å². The van der Waals surface area contributed by atoms with Gasteiger partial charge in [-0.25, -0.2) is 9.07 Å². The summed E-state index contributed by atoms with van der Waals surface area (Å²) in [5, 5.41) is 11.6. The van der Waals surface area contributed by atoms with Crippen LogP contribution >= 0.6 is 11.6 Å². The Bertz CT molecular complexity index is 1130. The number of fused-ring (bicyclic) bond motifs is 1. The maximum atomic E-state index is 14.5. The zero-order valence-corrected chi connectivity index (χ0v) is 17.7. The standard InChI is InChI=1S/C22H23ClFN5O2/c23-16-7-5-8-17(24)21(16)19(28-11-3-4-12-28)14-25-20(30)10-13-29-22(31)15-6-1-2-9-18(15)26-27-29/h1-2,5-9,19H,3-4,10-14H2,(H,25,30). The average molecular weight is 444 g/mol. The number of carbonyl (C=O) groups is 1. The highest BCUT2D eigenvalue weighted by Crippen LogP contribution is 2.31. The zero-order chi connectivity index (χ0) is 21.8. The summed E-state index contributed by atoms with van der Waals surface area (Å²) < 4.78 is 15.7. The van der Waals surface area contributed by atoms with Gasteiger partial charge < -0.3 is 5.32 Å². The molecule has 1 aliphatic rings. The van der Waals surface area contributed by atoms with Crippen molar-refractivity contribution in [3.63, 3.8) is 0 Å². The normalized spacial score (nSPS) is 15.3. The maximum Gasteiger partial charge on any atom is 0.277 e. The first-order valence-corrected chi connectivity index (χ1v) is 10.7. The minimum absolute atomic E-state index is 0.0602. The van der Waals surface area contributed by atoms with E-state index in [9.17, 15) is 14.0 Å². The Morgan fingerprint density at radius 3 is 2.71 bits per heavy atom. The lowest BCUT2D eigenvalue weighted by Crippen LogP contribution is -2.38. The van der Waals surface area contributed by atoms with E-state index in [2.05, 4.69) is 20.5 Å². The van der Waals surface area contributed by atoms with Crippen molar-refractivity contribution in [1.29, 1.82) is 0 Å². The minimum atomic E-state index is -0.378. The van der Waals surface area contributed by atoms with Crippen LogP contribution < -0.4 is 10.9 Å². The SMILES string of the molecule is O=C(CCn1nnc2ccccc2c1=O)NCC(c1c(F)cccc1Cl)N1CCCC1. The Kier molecular flexibility index (Phi) is 6.58. The number of likely N-dealkylation sites (tertiary alicyclic amines) is 1. The van der Waals surface area contributed by atoms with Gasteiger partial charge in [-0.1, -0.05) is 35.0 Å². The molecule has 0 radical (unpaired) electrons. The van der Waals surface area contributed by atoms with Crippen LogP contribution in [0.4, 0.5) is 4.39 Å². The summed E-state index contributed by atoms with van der Waals surface area (Å²) in [5.41, 5.74) is 0.637. The fraction of sp³-hybridized carbons (Fsp3) is 0.364. The second-order valence-corrected chi connectivity index (χ2v) is 7.99. The quantitative estimate of drug-likeness (QED) is 0.607. The van der Waals surface area contributed by atoms with Gasteiger partial charge in [-0.3, -0.25) is 14.5 Å². The van der Waals surface area contributed by atoms with Gasteiger partial charge in [-0.2, -0.15) is 0 Å². The van der Waals surface area contributed by atoms with Crippen molar-refractivity contribution < 1.29 is 9.18 Å². The first kappa shape index (κ1) is 21.4. The third-order valence-electron chi connectivity index (χ3n) is 5.59. The third-order valence-corrected chi connectivity index (χ3v) is 5.92. The van der Waals surface area contributed by atoms with Crippen LogP contribution in [0.1, 0.15) is 30.9 Å². The van der Waals surface area contributed by atoms with Gasteiger partial charge in [0.15, 0.2) is 0 Å². The lowest BCUT2D eigenvalue weighted by Gasteiger charge is -2.29. The lowest BCUT2D eigenvalue weighted by atomic mass is 10.0. The highest BCUT2D eigenvalue weighted by molar-refractivity contribution is 6.31. The molecule has 0 aliphatic carbocycles. The molecule has 4 rings (SSSR count). The molecule has 1 N–H and O–H groups in total. The molecule has 2 heterocycles. The molecule has 162 valence electrons. The fourth-order valence-corrected chi connectivity index (χ4v) is 4.26. The summed E-state index contributed by atoms with van der Waals surface area (Å²) in [6, 6.07) is 11.2. The van der Waals surface area contributed by atoms with E-state index in [1.807, 2.05) is 0 Å². The Morgan fingerprint density at radius 2 is 1.94 bits per heavy atom. The Morgan fingerprint density at radius 1 is 1.16 bits per heavy atom. The fourth-order valence-electron chi connectivity index (χ4n) is 3.97. The Hall–Kier alpha value is -2.84. The summed E-state index contributed by atoms with van der Waals surface area (Å²) in [5.74, 6) is -0.629. The molecule has 9 heteroatoms. The van der Waals surface area contributed by atoms with E-state index in [1.165, 1.54) is 10.7 Å². The van der Waals surface area contributed by atoms with Crippen molar-refractivity contribution in [3.8, 4) is 0 Å². The number of rotatable bonds is 7. The predicted molar refractivity (Wildman–Crippen MR) is 116 cm³/mol. The molecule has 0 saturated carbocycles. The third kappa shape index (κ3) is 4.75. The molecule has 31 heavy (non-hydrogen) atoms. The van der Waals surface area contributed by atoms with Crippen molar-refractivity contribution in [1.82, 2.24) is 25.2 Å². The molecule has 1 amide bonds. The minimum Gasteiger partial charge on any atom is -0.354 e. The summed E-state index contributed by atoms with van der Waals surface area (Å²) in [6.45, 7) is 2.00. The number of hydrogen-bond donors (Lipinski definition) is 1. The molecule has 0 spiro atoms. The molecule has 7 nitrogen and oxygen atoms in total. The number of nitrogens with one attached hydrogen (secondary N) is 1. The van der Waals surface area contributed by atoms with Gasteiger partial charge in [0, 0.05) is 23.6 Å². The number of aromatic nitrogens is 3. The van der Waals surface area contributed by atoms with Gasteiger partial charge >= 0.3 is 0 Å². The Balaban J connectivity index is 1.43. The monoisotopic (exact) mass is 443 g/mol. The van der Waals surface area contributed by atoms with Crippen LogP contribution in [0.25, 0.3) is 10.9 Å². The topological polar surface area (TPSA) is 80.1 Å². The van der Waals surface area contributed by atoms with Crippen LogP contribution in [-0.4, -0.2) is 45.4 Å². The largest absolute Gasteiger partial charge is 0.354 e. The molecule has 3 aromatic rings. The Labute approximate surface area is 183 Å². The van der Waals surface area contributed by atoms with E-state index >= 15 is 0 Å². The van der Waals surface area contributed by atoms with Crippen molar-refractivity contribution in [3.05, 3.63) is 69.2 Å². The second kappa shape index (κ2) is 9.53. The summed E-state index contributed by atoms with van der Waals surface area (Å²) in [7, 11) is 0. The molecular weight excluding hydrogens is 421 g/mol. The lowest BCUT2D eigenvalue weighted by molar-refractivity contribution is -0.121. The summed E-state index contributed by atoms with van der Waals surface area (Å²) in [6.07, 6.45) is 2.12. The predicted octanol–water partition coefficient (Wildman–Crippen LogP) is 2.93. The van der Waals surface area contributed by atoms with E-state index in [0.717, 1.165) is 25.9 Å². The molecule has 0 bridgehead atoms. The van der Waals surface area contributed by atoms with Crippen LogP contribution in [0.5, 0.6) is 0 Å². The van der Waals surface area contributed by atoms with E-state index < -0.39 is 0 Å². The number of aryl methyl sites for hydroxylation is 1. The molecule has 1 aliphatic heterocycles. The van der Waals surface area contributed by atoms with Crippen molar-refractivity contribution >= 4 is 28.4 Å². The second-order valence-electron chi connectivity index (χ2n) is 7.58. The molecule has 1 saturated heterocycles. The molecular formula is C22H23ClFN5O2. The zero-order valence-electron chi connectivity index (χ0n) is 16.9. The van der Waals surface area contributed by atoms with Crippen LogP contribution in [0.3, 0.4) is 0 Å². The summed E-state index contributed by atoms with van der Waals surface area (Å²) in [4.78, 5) is 27.1. The highest BCUT2D eigenvalue weighted by atomic mass is 35.5. The molecule has 1 aromatic heterocycles. The van der Waals surface area contributed by atoms with E-state index in [4.69, 9.17) is 11.6 Å². The van der Waals surface area contributed by atoms with Crippen LogP contribution in [0.15, 0.2) is 47.3 Å². The number of benzene rings is 2. The average Bonchev–Trinajstić information content (AvgIpc) is 3.30. The summed E-state index contributed by atoms with van der Waals surface area (Å²) >= 11 is 6.29. The van der Waals surface area contributed by atoms with Gasteiger partial charge in [-0.15, -0.1) is 5.10 Å². The first-order chi connectivity index (χ1) is 15.0. The van der Waals surface area contributed by atoms with Gasteiger partial charge in [0.05, 0.1) is 18.0 Å². The van der Waals surface area contributed by atoms with Gasteiger partial charge in [0.2, 0.25) is 5.91 Å². The van der Waals surface area contributed by atoms with Crippen molar-refractivity contribution in [2.75, 3.05) is 19.6 Å². The molecule has 1 atom stereocenters. The van der Waals surface area contributed by atoms with Crippen LogP contribution in [-0.2, 0) is 11.3 Å². The maximum absolute atomic E-state index is 14.5. The number of carbonyl (C=O) groups excluding carboxylic acids is 1. The molecule has 2 aromatic carbocycles. The number of hydrogen-bond acceptors (Lipinski definition) is 5. The van der Waals surface area contributed by atoms with Crippen molar-refractivity contribution in [2.45, 2.75) is 31.8 Å². The number of nitrogens with zero attached hydrogens (tertiary/aromatic N) is 4. The van der Waals surface area contributed by atoms with E-state index in [1.54, 1.807) is 36.4 Å². The van der Waals surface area contributed by atoms with Gasteiger partial charge in [-0.05, 0) is 50.2 Å². The molecule has 1 unspecified atom stereocenters. The van der Waals surface area contributed by atoms with Gasteiger partial charge in [0.25, 0.3) is 5.56 Å². The number of halogens is 2. The van der Waals surface area contributed by atoms with E-state index in [0.29, 0.717) is 21.5 Å². The first-order valence-electron chi connectivity index (χ1n) is 10.3.